The Morgan fingerprint density at radius 3 is 2.85 bits per heavy atom. The van der Waals surface area contributed by atoms with Gasteiger partial charge in [-0.25, -0.2) is 0 Å². The third-order valence-corrected chi connectivity index (χ3v) is 2.54. The maximum atomic E-state index is 11.3. The van der Waals surface area contributed by atoms with E-state index in [1.54, 1.807) is 6.92 Å². The van der Waals surface area contributed by atoms with Gasteiger partial charge in [-0.2, -0.15) is 0 Å². The fraction of sp³-hybridized carbons (Fsp3) is 0.875. The summed E-state index contributed by atoms with van der Waals surface area (Å²) in [6.45, 7) is 1.79. The first kappa shape index (κ1) is 10.4. The molecule has 1 aliphatic heterocycles. The number of likely N-dealkylation sites (tertiary alicyclic amines) is 1. The number of β-amino-alcohol motifs (C(OH)–C–C–N with tert-alkyl or cyclic N) is 1. The number of nitrogens with zero attached hydrogens (tertiary/aromatic N) is 1. The molecule has 5 nitrogen and oxygen atoms in total. The minimum absolute atomic E-state index is 0.0810. The van der Waals surface area contributed by atoms with E-state index in [0.29, 0.717) is 6.42 Å². The molecule has 0 aromatic carbocycles. The summed E-state index contributed by atoms with van der Waals surface area (Å²) in [6, 6.07) is 0. The second-order valence-electron chi connectivity index (χ2n) is 3.72. The Bertz CT molecular complexity index is 210. The summed E-state index contributed by atoms with van der Waals surface area (Å²) in [4.78, 5) is 12.8. The molecule has 0 radical (unpaired) electrons. The van der Waals surface area contributed by atoms with Crippen LogP contribution in [-0.2, 0) is 4.79 Å². The van der Waals surface area contributed by atoms with Crippen LogP contribution in [0.3, 0.4) is 0 Å². The van der Waals surface area contributed by atoms with E-state index in [1.165, 1.54) is 4.90 Å². The Kier molecular flexibility index (Phi) is 2.90. The smallest absolute Gasteiger partial charge is 0.236 e. The van der Waals surface area contributed by atoms with E-state index in [9.17, 15) is 9.90 Å². The van der Waals surface area contributed by atoms with Gasteiger partial charge in [0.2, 0.25) is 5.91 Å². The summed E-state index contributed by atoms with van der Waals surface area (Å²) < 4.78 is 0. The Labute approximate surface area is 77.1 Å². The molecule has 1 saturated heterocycles. The molecule has 0 aromatic heterocycles. The zero-order chi connectivity index (χ0) is 10.1. The average molecular weight is 188 g/mol. The average Bonchev–Trinajstić information content (AvgIpc) is 2.41. The zero-order valence-electron chi connectivity index (χ0n) is 7.73. The molecule has 1 aliphatic rings. The van der Waals surface area contributed by atoms with Gasteiger partial charge in [-0.05, 0) is 6.92 Å². The molecule has 0 aromatic rings. The number of aliphatic hydroxyl groups is 2. The normalized spacial score (nSPS) is 33.8. The van der Waals surface area contributed by atoms with Crippen molar-refractivity contribution in [2.45, 2.75) is 25.0 Å². The molecule has 1 heterocycles. The number of hydrogen-bond acceptors (Lipinski definition) is 4. The molecule has 2 unspecified atom stereocenters. The van der Waals surface area contributed by atoms with Crippen LogP contribution in [0.4, 0.5) is 0 Å². The summed E-state index contributed by atoms with van der Waals surface area (Å²) in [5.41, 5.74) is 4.58. The van der Waals surface area contributed by atoms with E-state index < -0.39 is 11.6 Å². The van der Waals surface area contributed by atoms with E-state index in [-0.39, 0.29) is 25.6 Å². The van der Waals surface area contributed by atoms with Crippen molar-refractivity contribution >= 4 is 5.91 Å². The topological polar surface area (TPSA) is 86.8 Å². The summed E-state index contributed by atoms with van der Waals surface area (Å²) in [5.74, 6) is -0.229. The fourth-order valence-corrected chi connectivity index (χ4v) is 1.78. The van der Waals surface area contributed by atoms with E-state index >= 15 is 0 Å². The number of amides is 1. The summed E-state index contributed by atoms with van der Waals surface area (Å²) in [5, 5.41) is 18.5. The molecule has 0 saturated carbocycles. The first-order valence-electron chi connectivity index (χ1n) is 4.33. The highest BCUT2D eigenvalue weighted by Gasteiger charge is 2.42. The van der Waals surface area contributed by atoms with E-state index in [0.717, 1.165) is 0 Å². The van der Waals surface area contributed by atoms with Crippen molar-refractivity contribution in [1.29, 1.82) is 0 Å². The van der Waals surface area contributed by atoms with Gasteiger partial charge in [-0.3, -0.25) is 4.79 Å². The monoisotopic (exact) mass is 188 g/mol. The highest BCUT2D eigenvalue weighted by Crippen LogP contribution is 2.28. The summed E-state index contributed by atoms with van der Waals surface area (Å²) >= 11 is 0. The van der Waals surface area contributed by atoms with Gasteiger partial charge in [-0.15, -0.1) is 0 Å². The number of carbonyl (C=O) groups excluding carboxylic acids is 1. The van der Waals surface area contributed by atoms with Crippen LogP contribution in [0, 0.1) is 0 Å². The van der Waals surface area contributed by atoms with Crippen LogP contribution < -0.4 is 5.73 Å². The Hall–Kier alpha value is -0.650. The summed E-state index contributed by atoms with van der Waals surface area (Å²) in [7, 11) is 0. The molecular weight excluding hydrogens is 172 g/mol. The first-order chi connectivity index (χ1) is 6.03. The van der Waals surface area contributed by atoms with Gasteiger partial charge in [0.15, 0.2) is 0 Å². The predicted molar refractivity (Wildman–Crippen MR) is 46.9 cm³/mol. The van der Waals surface area contributed by atoms with Gasteiger partial charge in [0, 0.05) is 13.0 Å². The van der Waals surface area contributed by atoms with Crippen LogP contribution in [0.1, 0.15) is 13.3 Å². The fourth-order valence-electron chi connectivity index (χ4n) is 1.78. The van der Waals surface area contributed by atoms with Crippen LogP contribution in [0.15, 0.2) is 0 Å². The number of aliphatic hydroxyl groups excluding tert-OH is 2. The van der Waals surface area contributed by atoms with Crippen molar-refractivity contribution in [1.82, 2.24) is 4.90 Å². The number of nitrogens with two attached hydrogens (primary N) is 1. The zero-order valence-corrected chi connectivity index (χ0v) is 7.73. The molecule has 1 amide bonds. The minimum Gasteiger partial charge on any atom is -0.394 e. The minimum atomic E-state index is -0.643. The largest absolute Gasteiger partial charge is 0.394 e. The molecule has 0 spiro atoms. The maximum Gasteiger partial charge on any atom is 0.236 e. The lowest BCUT2D eigenvalue weighted by atomic mass is 9.99. The number of carbonyl (C=O) groups is 1. The van der Waals surface area contributed by atoms with E-state index in [1.807, 2.05) is 0 Å². The predicted octanol–water partition coefficient (Wildman–Crippen LogP) is -1.71. The van der Waals surface area contributed by atoms with Gasteiger partial charge in [0.1, 0.15) is 0 Å². The molecule has 5 heteroatoms. The third kappa shape index (κ3) is 1.82. The molecule has 4 N–H and O–H groups in total. The number of rotatable bonds is 2. The van der Waals surface area contributed by atoms with E-state index in [2.05, 4.69) is 0 Å². The van der Waals surface area contributed by atoms with Crippen molar-refractivity contribution in [2.24, 2.45) is 5.73 Å². The van der Waals surface area contributed by atoms with Crippen LogP contribution in [0.25, 0.3) is 0 Å². The van der Waals surface area contributed by atoms with Crippen molar-refractivity contribution in [3.05, 3.63) is 0 Å². The number of hydrogen-bond donors (Lipinski definition) is 3. The lowest BCUT2D eigenvalue weighted by Gasteiger charge is -2.32. The molecule has 1 fully saturated rings. The van der Waals surface area contributed by atoms with Gasteiger partial charge >= 0.3 is 0 Å². The van der Waals surface area contributed by atoms with Crippen LogP contribution in [-0.4, -0.2) is 52.4 Å². The SMILES string of the molecule is CC1(CO)CC(O)CN1C(=O)CN. The summed E-state index contributed by atoms with van der Waals surface area (Å²) in [6.07, 6.45) is -0.137. The first-order valence-corrected chi connectivity index (χ1v) is 4.33. The second-order valence-corrected chi connectivity index (χ2v) is 3.72. The molecular formula is C8H16N2O3. The van der Waals surface area contributed by atoms with Crippen molar-refractivity contribution in [3.8, 4) is 0 Å². The molecule has 2 atom stereocenters. The molecule has 13 heavy (non-hydrogen) atoms. The third-order valence-electron chi connectivity index (χ3n) is 2.54. The molecule has 76 valence electrons. The Morgan fingerprint density at radius 2 is 2.38 bits per heavy atom. The van der Waals surface area contributed by atoms with Crippen LogP contribution >= 0.6 is 0 Å². The lowest BCUT2D eigenvalue weighted by Crippen LogP contribution is -2.49. The van der Waals surface area contributed by atoms with Gasteiger partial charge in [0.05, 0.1) is 24.8 Å². The highest BCUT2D eigenvalue weighted by atomic mass is 16.3. The van der Waals surface area contributed by atoms with Crippen LogP contribution in [0.5, 0.6) is 0 Å². The second kappa shape index (κ2) is 3.61. The Balaban J connectivity index is 2.77. The van der Waals surface area contributed by atoms with Crippen molar-refractivity contribution < 1.29 is 15.0 Å². The lowest BCUT2D eigenvalue weighted by molar-refractivity contribution is -0.134. The molecule has 0 aliphatic carbocycles. The van der Waals surface area contributed by atoms with Crippen molar-refractivity contribution in [3.63, 3.8) is 0 Å². The van der Waals surface area contributed by atoms with Gasteiger partial charge in [-0.1, -0.05) is 0 Å². The van der Waals surface area contributed by atoms with Gasteiger partial charge < -0.3 is 20.8 Å². The van der Waals surface area contributed by atoms with E-state index in [4.69, 9.17) is 10.8 Å². The maximum absolute atomic E-state index is 11.3. The standard InChI is InChI=1S/C8H16N2O3/c1-8(5-11)2-6(12)4-10(8)7(13)3-9/h6,11-12H,2-5,9H2,1H3. The Morgan fingerprint density at radius 1 is 1.77 bits per heavy atom. The molecule has 1 rings (SSSR count). The van der Waals surface area contributed by atoms with Gasteiger partial charge in [0.25, 0.3) is 0 Å². The van der Waals surface area contributed by atoms with Crippen molar-refractivity contribution in [2.75, 3.05) is 19.7 Å². The highest BCUT2D eigenvalue weighted by molar-refractivity contribution is 5.79. The molecule has 0 bridgehead atoms. The van der Waals surface area contributed by atoms with Crippen LogP contribution in [0.2, 0.25) is 0 Å². The quantitative estimate of drug-likeness (QED) is 0.481.